The predicted octanol–water partition coefficient (Wildman–Crippen LogP) is 4.32. The number of para-hydroxylation sites is 1. The standard InChI is InChI=1S/C20H21N3O2S3/c1-11(17(24)21-13-8-4-5-9-15(13)26-3)27-20-22-18-16(19(25)23(20)2)12-7-6-10-14(12)28-18/h4-5,8-9,11H,6-7,10H2,1-3H3,(H,21,24). The van der Waals surface area contributed by atoms with Crippen LogP contribution in [0, 0.1) is 0 Å². The number of carbonyl (C=O) groups excluding carboxylic acids is 1. The molecular weight excluding hydrogens is 410 g/mol. The van der Waals surface area contributed by atoms with Crippen LogP contribution in [-0.2, 0) is 24.7 Å². The van der Waals surface area contributed by atoms with Crippen LogP contribution in [0.1, 0.15) is 23.8 Å². The van der Waals surface area contributed by atoms with Crippen LogP contribution in [0.2, 0.25) is 0 Å². The number of aromatic nitrogens is 2. The summed E-state index contributed by atoms with van der Waals surface area (Å²) < 4.78 is 1.58. The van der Waals surface area contributed by atoms with E-state index in [9.17, 15) is 9.59 Å². The summed E-state index contributed by atoms with van der Waals surface area (Å²) in [5.41, 5.74) is 1.98. The highest BCUT2D eigenvalue weighted by Gasteiger charge is 2.24. The van der Waals surface area contributed by atoms with Gasteiger partial charge in [0, 0.05) is 16.8 Å². The van der Waals surface area contributed by atoms with Gasteiger partial charge in [-0.2, -0.15) is 0 Å². The molecule has 28 heavy (non-hydrogen) atoms. The van der Waals surface area contributed by atoms with Crippen LogP contribution in [-0.4, -0.2) is 27.0 Å². The Bertz CT molecular complexity index is 1120. The monoisotopic (exact) mass is 431 g/mol. The van der Waals surface area contributed by atoms with Crippen molar-refractivity contribution < 1.29 is 4.79 Å². The third kappa shape index (κ3) is 3.49. The highest BCUT2D eigenvalue weighted by Crippen LogP contribution is 2.36. The lowest BCUT2D eigenvalue weighted by molar-refractivity contribution is -0.115. The summed E-state index contributed by atoms with van der Waals surface area (Å²) in [6, 6.07) is 7.73. The molecule has 1 aliphatic rings. The second-order valence-corrected chi connectivity index (χ2v) is 9.99. The maximum atomic E-state index is 12.9. The fourth-order valence-corrected chi connectivity index (χ4v) is 6.14. The van der Waals surface area contributed by atoms with Gasteiger partial charge in [0.05, 0.1) is 16.3 Å². The second kappa shape index (κ2) is 7.93. The summed E-state index contributed by atoms with van der Waals surface area (Å²) in [4.78, 5) is 33.5. The van der Waals surface area contributed by atoms with Crippen molar-refractivity contribution in [3.63, 3.8) is 0 Å². The molecule has 1 aliphatic carbocycles. The van der Waals surface area contributed by atoms with Gasteiger partial charge in [0.1, 0.15) is 4.83 Å². The average molecular weight is 432 g/mol. The van der Waals surface area contributed by atoms with E-state index < -0.39 is 0 Å². The van der Waals surface area contributed by atoms with Crippen LogP contribution < -0.4 is 10.9 Å². The topological polar surface area (TPSA) is 64.0 Å². The number of fused-ring (bicyclic) bond motifs is 3. The van der Waals surface area contributed by atoms with Crippen LogP contribution >= 0.6 is 34.9 Å². The van der Waals surface area contributed by atoms with E-state index in [1.54, 1.807) is 34.7 Å². The lowest BCUT2D eigenvalue weighted by Gasteiger charge is -2.15. The van der Waals surface area contributed by atoms with Gasteiger partial charge in [0.15, 0.2) is 5.16 Å². The lowest BCUT2D eigenvalue weighted by Crippen LogP contribution is -2.25. The minimum Gasteiger partial charge on any atom is -0.324 e. The zero-order valence-corrected chi connectivity index (χ0v) is 18.4. The molecule has 1 unspecified atom stereocenters. The van der Waals surface area contributed by atoms with E-state index >= 15 is 0 Å². The molecule has 4 rings (SSSR count). The number of hydrogen-bond donors (Lipinski definition) is 1. The molecule has 146 valence electrons. The van der Waals surface area contributed by atoms with Gasteiger partial charge in [-0.05, 0) is 50.1 Å². The molecule has 1 amide bonds. The summed E-state index contributed by atoms with van der Waals surface area (Å²) in [6.45, 7) is 1.84. The molecule has 0 spiro atoms. The number of anilines is 1. The van der Waals surface area contributed by atoms with Gasteiger partial charge >= 0.3 is 0 Å². The van der Waals surface area contributed by atoms with E-state index in [4.69, 9.17) is 4.98 Å². The molecule has 8 heteroatoms. The Hall–Kier alpha value is -1.77. The molecule has 3 aromatic rings. The van der Waals surface area contributed by atoms with Crippen LogP contribution in [0.3, 0.4) is 0 Å². The maximum absolute atomic E-state index is 12.9. The maximum Gasteiger partial charge on any atom is 0.262 e. The van der Waals surface area contributed by atoms with Crippen molar-refractivity contribution in [1.82, 2.24) is 9.55 Å². The van der Waals surface area contributed by atoms with Crippen LogP contribution in [0.25, 0.3) is 10.2 Å². The van der Waals surface area contributed by atoms with Crippen LogP contribution in [0.15, 0.2) is 39.1 Å². The minimum absolute atomic E-state index is 0.00719. The molecule has 5 nitrogen and oxygen atoms in total. The molecule has 1 aromatic carbocycles. The molecule has 0 fully saturated rings. The number of hydrogen-bond acceptors (Lipinski definition) is 6. The Balaban J connectivity index is 1.58. The van der Waals surface area contributed by atoms with Gasteiger partial charge in [0.2, 0.25) is 5.91 Å². The zero-order valence-electron chi connectivity index (χ0n) is 15.9. The van der Waals surface area contributed by atoms with E-state index in [1.165, 1.54) is 22.2 Å². The Morgan fingerprint density at radius 3 is 2.89 bits per heavy atom. The van der Waals surface area contributed by atoms with E-state index in [1.807, 2.05) is 37.4 Å². The number of thiophene rings is 1. The van der Waals surface area contributed by atoms with Crippen LogP contribution in [0.4, 0.5) is 5.69 Å². The van der Waals surface area contributed by atoms with E-state index in [2.05, 4.69) is 5.32 Å². The first-order chi connectivity index (χ1) is 13.5. The molecular formula is C20H21N3O2S3. The average Bonchev–Trinajstić information content (AvgIpc) is 3.27. The van der Waals surface area contributed by atoms with Crippen molar-refractivity contribution in [2.45, 2.75) is 41.5 Å². The van der Waals surface area contributed by atoms with Gasteiger partial charge in [-0.25, -0.2) is 4.98 Å². The summed E-state index contributed by atoms with van der Waals surface area (Å²) in [5, 5.41) is 3.97. The third-order valence-electron chi connectivity index (χ3n) is 4.92. The van der Waals surface area contributed by atoms with Gasteiger partial charge in [-0.15, -0.1) is 23.1 Å². The van der Waals surface area contributed by atoms with Crippen molar-refractivity contribution in [2.24, 2.45) is 7.05 Å². The van der Waals surface area contributed by atoms with Gasteiger partial charge < -0.3 is 5.32 Å². The number of nitrogens with zero attached hydrogens (tertiary/aromatic N) is 2. The molecule has 1 atom stereocenters. The number of thioether (sulfide) groups is 2. The summed E-state index contributed by atoms with van der Waals surface area (Å²) in [6.07, 6.45) is 5.10. The van der Waals surface area contributed by atoms with Crippen molar-refractivity contribution >= 4 is 56.7 Å². The summed E-state index contributed by atoms with van der Waals surface area (Å²) in [5.74, 6) is -0.102. The smallest absolute Gasteiger partial charge is 0.262 e. The number of amides is 1. The first kappa shape index (κ1) is 19.5. The molecule has 2 aromatic heterocycles. The predicted molar refractivity (Wildman–Crippen MR) is 119 cm³/mol. The number of rotatable bonds is 5. The van der Waals surface area contributed by atoms with Gasteiger partial charge in [0.25, 0.3) is 5.56 Å². The molecule has 0 radical (unpaired) electrons. The molecule has 0 saturated carbocycles. The van der Waals surface area contributed by atoms with Crippen LogP contribution in [0.5, 0.6) is 0 Å². The normalized spacial score (nSPS) is 14.2. The van der Waals surface area contributed by atoms with Gasteiger partial charge in [-0.1, -0.05) is 23.9 Å². The fourth-order valence-electron chi connectivity index (χ4n) is 3.40. The number of benzene rings is 1. The molecule has 0 saturated heterocycles. The largest absolute Gasteiger partial charge is 0.324 e. The van der Waals surface area contributed by atoms with Crippen molar-refractivity contribution in [1.29, 1.82) is 0 Å². The number of aryl methyl sites for hydroxylation is 2. The summed E-state index contributed by atoms with van der Waals surface area (Å²) >= 11 is 4.54. The third-order valence-corrected chi connectivity index (χ3v) is 8.05. The second-order valence-electron chi connectivity index (χ2n) is 6.75. The van der Waals surface area contributed by atoms with Crippen molar-refractivity contribution in [3.05, 3.63) is 45.1 Å². The Morgan fingerprint density at radius 2 is 2.11 bits per heavy atom. The molecule has 0 aliphatic heterocycles. The Morgan fingerprint density at radius 1 is 1.32 bits per heavy atom. The number of carbonyl (C=O) groups is 1. The van der Waals surface area contributed by atoms with Gasteiger partial charge in [-0.3, -0.25) is 14.2 Å². The summed E-state index contributed by atoms with van der Waals surface area (Å²) in [7, 11) is 1.74. The van der Waals surface area contributed by atoms with E-state index in [-0.39, 0.29) is 16.7 Å². The molecule has 0 bridgehead atoms. The Kier molecular flexibility index (Phi) is 5.53. The number of nitrogens with one attached hydrogen (secondary N) is 1. The molecule has 2 heterocycles. The van der Waals surface area contributed by atoms with Crippen molar-refractivity contribution in [2.75, 3.05) is 11.6 Å². The quantitative estimate of drug-likeness (QED) is 0.481. The Labute approximate surface area is 175 Å². The fraction of sp³-hybridized carbons (Fsp3) is 0.350. The SMILES string of the molecule is CSc1ccccc1NC(=O)C(C)Sc1nc2sc3c(c2c(=O)n1C)CCC3. The lowest BCUT2D eigenvalue weighted by atomic mass is 10.2. The first-order valence-electron chi connectivity index (χ1n) is 9.11. The highest BCUT2D eigenvalue weighted by molar-refractivity contribution is 8.00. The minimum atomic E-state index is -0.378. The first-order valence-corrected chi connectivity index (χ1v) is 12.0. The van der Waals surface area contributed by atoms with E-state index in [0.29, 0.717) is 5.16 Å². The van der Waals surface area contributed by atoms with Crippen molar-refractivity contribution in [3.8, 4) is 0 Å². The zero-order chi connectivity index (χ0) is 19.8. The highest BCUT2D eigenvalue weighted by atomic mass is 32.2. The molecule has 1 N–H and O–H groups in total. The van der Waals surface area contributed by atoms with E-state index in [0.717, 1.165) is 40.1 Å².